The number of aliphatic hydroxyl groups is 1. The summed E-state index contributed by atoms with van der Waals surface area (Å²) in [5.41, 5.74) is 2.70. The molecule has 2 atom stereocenters. The van der Waals surface area contributed by atoms with Gasteiger partial charge in [-0.15, -0.1) is 0 Å². The normalized spacial score (nSPS) is 13.4. The lowest BCUT2D eigenvalue weighted by Gasteiger charge is -2.23. The standard InChI is InChI=1S/C28H38F3NO3/c1-2-3-4-5-6-8-11-22-14-16-23(17-15-22)18-19-25(20-33)32-27(34)26(35-21-28(29,30)31)24-12-9-7-10-13-24/h7,9-10,12-17,25-26,33H,2-6,8,11,18-21H2,1H3,(H,32,34). The third-order valence-corrected chi connectivity index (χ3v) is 5.94. The molecule has 0 aliphatic rings. The van der Waals surface area contributed by atoms with Gasteiger partial charge in [0.2, 0.25) is 0 Å². The van der Waals surface area contributed by atoms with Crippen molar-refractivity contribution in [3.8, 4) is 0 Å². The summed E-state index contributed by atoms with van der Waals surface area (Å²) >= 11 is 0. The van der Waals surface area contributed by atoms with E-state index in [-0.39, 0.29) is 6.61 Å². The first-order chi connectivity index (χ1) is 16.8. The van der Waals surface area contributed by atoms with Crippen LogP contribution >= 0.6 is 0 Å². The predicted octanol–water partition coefficient (Wildman–Crippen LogP) is 6.32. The van der Waals surface area contributed by atoms with E-state index in [9.17, 15) is 23.1 Å². The quantitative estimate of drug-likeness (QED) is 0.269. The molecule has 2 unspecified atom stereocenters. The van der Waals surface area contributed by atoms with E-state index in [1.165, 1.54) is 44.1 Å². The van der Waals surface area contributed by atoms with Crippen LogP contribution in [-0.4, -0.2) is 36.4 Å². The molecule has 0 spiro atoms. The van der Waals surface area contributed by atoms with E-state index in [1.807, 2.05) is 0 Å². The van der Waals surface area contributed by atoms with Gasteiger partial charge in [0.1, 0.15) is 6.61 Å². The Hall–Kier alpha value is -2.38. The van der Waals surface area contributed by atoms with E-state index >= 15 is 0 Å². The van der Waals surface area contributed by atoms with E-state index in [0.717, 1.165) is 12.0 Å². The number of carbonyl (C=O) groups excluding carboxylic acids is 1. The first-order valence-corrected chi connectivity index (χ1v) is 12.5. The molecule has 0 saturated heterocycles. The molecule has 2 rings (SSSR count). The van der Waals surface area contributed by atoms with E-state index in [1.54, 1.807) is 30.3 Å². The van der Waals surface area contributed by atoms with E-state index < -0.39 is 30.8 Å². The molecule has 0 heterocycles. The number of rotatable bonds is 16. The van der Waals surface area contributed by atoms with Gasteiger partial charge in [0, 0.05) is 0 Å². The molecule has 2 aromatic rings. The van der Waals surface area contributed by atoms with E-state index in [2.05, 4.69) is 36.5 Å². The number of aryl methyl sites for hydroxylation is 2. The average molecular weight is 494 g/mol. The summed E-state index contributed by atoms with van der Waals surface area (Å²) in [4.78, 5) is 12.8. The molecule has 35 heavy (non-hydrogen) atoms. The maximum Gasteiger partial charge on any atom is 0.411 e. The molecule has 0 fully saturated rings. The summed E-state index contributed by atoms with van der Waals surface area (Å²) < 4.78 is 43.0. The second kappa shape index (κ2) is 15.6. The van der Waals surface area contributed by atoms with Gasteiger partial charge in [-0.05, 0) is 42.4 Å². The topological polar surface area (TPSA) is 58.6 Å². The number of ether oxygens (including phenoxy) is 1. The molecule has 0 radical (unpaired) electrons. The molecule has 0 aliphatic carbocycles. The van der Waals surface area contributed by atoms with Gasteiger partial charge in [-0.2, -0.15) is 13.2 Å². The number of hydrogen-bond donors (Lipinski definition) is 2. The highest BCUT2D eigenvalue weighted by molar-refractivity contribution is 5.82. The van der Waals surface area contributed by atoms with Gasteiger partial charge in [-0.1, -0.05) is 93.6 Å². The highest BCUT2D eigenvalue weighted by Crippen LogP contribution is 2.23. The number of halogens is 3. The van der Waals surface area contributed by atoms with Gasteiger partial charge in [0.05, 0.1) is 12.6 Å². The van der Waals surface area contributed by atoms with Crippen LogP contribution < -0.4 is 5.32 Å². The maximum absolute atomic E-state index is 12.8. The Balaban J connectivity index is 1.85. The fraction of sp³-hybridized carbons (Fsp3) is 0.536. The van der Waals surface area contributed by atoms with Crippen LogP contribution in [-0.2, 0) is 22.4 Å². The minimum absolute atomic E-state index is 0.317. The molecule has 0 aliphatic heterocycles. The Morgan fingerprint density at radius 2 is 1.51 bits per heavy atom. The summed E-state index contributed by atoms with van der Waals surface area (Å²) in [6.45, 7) is 0.365. The lowest BCUT2D eigenvalue weighted by atomic mass is 10.0. The van der Waals surface area contributed by atoms with Gasteiger partial charge in [0.15, 0.2) is 6.10 Å². The number of nitrogens with one attached hydrogen (secondary N) is 1. The summed E-state index contributed by atoms with van der Waals surface area (Å²) in [5, 5.41) is 12.4. The summed E-state index contributed by atoms with van der Waals surface area (Å²) in [7, 11) is 0. The Labute approximate surface area is 206 Å². The van der Waals surface area contributed by atoms with Crippen molar-refractivity contribution in [2.45, 2.75) is 83.0 Å². The van der Waals surface area contributed by atoms with Gasteiger partial charge < -0.3 is 15.2 Å². The van der Waals surface area contributed by atoms with Crippen LogP contribution in [0, 0.1) is 0 Å². The summed E-state index contributed by atoms with van der Waals surface area (Å²) in [6, 6.07) is 15.8. The molecular formula is C28H38F3NO3. The Bertz CT molecular complexity index is 841. The maximum atomic E-state index is 12.8. The van der Waals surface area contributed by atoms with Crippen molar-refractivity contribution < 1.29 is 27.8 Å². The minimum atomic E-state index is -4.55. The fourth-order valence-corrected chi connectivity index (χ4v) is 3.94. The van der Waals surface area contributed by atoms with Gasteiger partial charge in [0.25, 0.3) is 5.91 Å². The Kier molecular flexibility index (Phi) is 12.8. The van der Waals surface area contributed by atoms with Gasteiger partial charge in [-0.3, -0.25) is 4.79 Å². The summed E-state index contributed by atoms with van der Waals surface area (Å²) in [6.07, 6.45) is 3.75. The third kappa shape index (κ3) is 11.7. The van der Waals surface area contributed by atoms with Crippen LogP contribution in [0.1, 0.15) is 74.7 Å². The van der Waals surface area contributed by atoms with Crippen LogP contribution in [0.2, 0.25) is 0 Å². The third-order valence-electron chi connectivity index (χ3n) is 5.94. The molecule has 4 nitrogen and oxygen atoms in total. The lowest BCUT2D eigenvalue weighted by Crippen LogP contribution is -2.41. The van der Waals surface area contributed by atoms with Crippen molar-refractivity contribution >= 4 is 5.91 Å². The SMILES string of the molecule is CCCCCCCCc1ccc(CCC(CO)NC(=O)C(OCC(F)(F)F)c2ccccc2)cc1. The van der Waals surface area contributed by atoms with Crippen molar-refractivity contribution in [2.24, 2.45) is 0 Å². The van der Waals surface area contributed by atoms with Crippen molar-refractivity contribution in [1.82, 2.24) is 5.32 Å². The zero-order valence-electron chi connectivity index (χ0n) is 20.5. The molecule has 0 bridgehead atoms. The van der Waals surface area contributed by atoms with Crippen molar-refractivity contribution in [3.05, 3.63) is 71.3 Å². The smallest absolute Gasteiger partial charge is 0.394 e. The van der Waals surface area contributed by atoms with E-state index in [4.69, 9.17) is 4.74 Å². The Morgan fingerprint density at radius 3 is 2.11 bits per heavy atom. The van der Waals surface area contributed by atoms with Crippen molar-refractivity contribution in [2.75, 3.05) is 13.2 Å². The molecule has 2 N–H and O–H groups in total. The zero-order chi connectivity index (χ0) is 25.5. The zero-order valence-corrected chi connectivity index (χ0v) is 20.5. The average Bonchev–Trinajstić information content (AvgIpc) is 2.84. The highest BCUT2D eigenvalue weighted by Gasteiger charge is 2.32. The molecule has 0 saturated carbocycles. The molecule has 7 heteroatoms. The second-order valence-electron chi connectivity index (χ2n) is 8.98. The number of aliphatic hydroxyl groups excluding tert-OH is 1. The van der Waals surface area contributed by atoms with Crippen LogP contribution in [0.4, 0.5) is 13.2 Å². The van der Waals surface area contributed by atoms with Crippen LogP contribution in [0.25, 0.3) is 0 Å². The van der Waals surface area contributed by atoms with Crippen LogP contribution in [0.3, 0.4) is 0 Å². The van der Waals surface area contributed by atoms with Crippen molar-refractivity contribution in [3.63, 3.8) is 0 Å². The number of benzene rings is 2. The number of carbonyl (C=O) groups is 1. The number of hydrogen-bond acceptors (Lipinski definition) is 3. The largest absolute Gasteiger partial charge is 0.411 e. The monoisotopic (exact) mass is 493 g/mol. The first kappa shape index (κ1) is 28.9. The van der Waals surface area contributed by atoms with Crippen LogP contribution in [0.15, 0.2) is 54.6 Å². The molecule has 194 valence electrons. The minimum Gasteiger partial charge on any atom is -0.394 e. The van der Waals surface area contributed by atoms with Crippen molar-refractivity contribution in [1.29, 1.82) is 0 Å². The van der Waals surface area contributed by atoms with Gasteiger partial charge >= 0.3 is 6.18 Å². The number of unbranched alkanes of at least 4 members (excludes halogenated alkanes) is 5. The molecule has 2 aromatic carbocycles. The number of amides is 1. The predicted molar refractivity (Wildman–Crippen MR) is 132 cm³/mol. The molecule has 0 aromatic heterocycles. The molecule has 1 amide bonds. The number of alkyl halides is 3. The van der Waals surface area contributed by atoms with Gasteiger partial charge in [-0.25, -0.2) is 0 Å². The Morgan fingerprint density at radius 1 is 0.914 bits per heavy atom. The second-order valence-corrected chi connectivity index (χ2v) is 8.98. The van der Waals surface area contributed by atoms with Crippen LogP contribution in [0.5, 0.6) is 0 Å². The first-order valence-electron chi connectivity index (χ1n) is 12.5. The lowest BCUT2D eigenvalue weighted by molar-refractivity contribution is -0.188. The molecular weight excluding hydrogens is 455 g/mol. The fourth-order valence-electron chi connectivity index (χ4n) is 3.94. The summed E-state index contributed by atoms with van der Waals surface area (Å²) in [5.74, 6) is -0.700. The van der Waals surface area contributed by atoms with E-state index in [0.29, 0.717) is 18.4 Å². The highest BCUT2D eigenvalue weighted by atomic mass is 19.4.